The third-order valence-corrected chi connectivity index (χ3v) is 5.57. The number of benzene rings is 2. The molecule has 1 aliphatic heterocycles. The van der Waals surface area contributed by atoms with Gasteiger partial charge in [-0.25, -0.2) is 4.39 Å². The number of thioether (sulfide) groups is 1. The molecule has 0 aliphatic carbocycles. The van der Waals surface area contributed by atoms with E-state index in [0.29, 0.717) is 0 Å². The Hall–Kier alpha value is -2.72. The van der Waals surface area contributed by atoms with Crippen molar-refractivity contribution in [2.24, 2.45) is 0 Å². The van der Waals surface area contributed by atoms with E-state index in [1.165, 1.54) is 43.3 Å². The van der Waals surface area contributed by atoms with E-state index in [1.54, 1.807) is 6.07 Å². The van der Waals surface area contributed by atoms with E-state index >= 15 is 0 Å². The summed E-state index contributed by atoms with van der Waals surface area (Å²) in [4.78, 5) is 26.4. The summed E-state index contributed by atoms with van der Waals surface area (Å²) in [5.41, 5.74) is -0.778. The molecule has 30 heavy (non-hydrogen) atoms. The fourth-order valence-electron chi connectivity index (χ4n) is 2.68. The molecule has 1 saturated heterocycles. The molecule has 0 saturated carbocycles. The number of carbonyl (C=O) groups excluding carboxylic acids is 2. The zero-order valence-corrected chi connectivity index (χ0v) is 17.0. The first-order chi connectivity index (χ1) is 14.1. The second kappa shape index (κ2) is 8.57. The van der Waals surface area contributed by atoms with Gasteiger partial charge in [-0.1, -0.05) is 48.2 Å². The van der Waals surface area contributed by atoms with Crippen molar-refractivity contribution in [2.45, 2.75) is 19.1 Å². The molecule has 4 nitrogen and oxygen atoms in total. The van der Waals surface area contributed by atoms with Crippen molar-refractivity contribution in [2.75, 3.05) is 5.32 Å². The molecule has 1 aliphatic rings. The van der Waals surface area contributed by atoms with Crippen LogP contribution in [0.25, 0.3) is 6.08 Å². The van der Waals surface area contributed by atoms with Crippen LogP contribution in [0.5, 0.6) is 0 Å². The zero-order chi connectivity index (χ0) is 22.1. The van der Waals surface area contributed by atoms with Crippen LogP contribution in [-0.2, 0) is 15.8 Å². The molecule has 1 heterocycles. The maximum Gasteiger partial charge on any atom is 0.416 e. The molecule has 1 N–H and O–H groups in total. The van der Waals surface area contributed by atoms with Crippen LogP contribution in [0.1, 0.15) is 18.1 Å². The molecular weight excluding hydrogens is 440 g/mol. The number of alkyl halides is 3. The minimum Gasteiger partial charge on any atom is -0.324 e. The molecule has 1 unspecified atom stereocenters. The Balaban J connectivity index is 1.77. The summed E-state index contributed by atoms with van der Waals surface area (Å²) in [7, 11) is 0. The van der Waals surface area contributed by atoms with Crippen LogP contribution >= 0.6 is 24.0 Å². The van der Waals surface area contributed by atoms with Gasteiger partial charge in [0, 0.05) is 11.3 Å². The molecule has 2 aromatic rings. The second-order valence-electron chi connectivity index (χ2n) is 6.32. The summed E-state index contributed by atoms with van der Waals surface area (Å²) in [6, 6.07) is 8.94. The van der Waals surface area contributed by atoms with E-state index in [9.17, 15) is 27.2 Å². The molecule has 0 spiro atoms. The maximum atomic E-state index is 13.9. The second-order valence-corrected chi connectivity index (χ2v) is 7.99. The number of anilines is 1. The summed E-state index contributed by atoms with van der Waals surface area (Å²) in [6.45, 7) is 1.40. The number of nitrogens with zero attached hydrogens (tertiary/aromatic N) is 1. The number of rotatable bonds is 4. The Kier molecular flexibility index (Phi) is 6.27. The molecule has 2 aromatic carbocycles. The molecule has 0 bridgehead atoms. The van der Waals surface area contributed by atoms with Gasteiger partial charge >= 0.3 is 6.18 Å². The highest BCUT2D eigenvalue weighted by molar-refractivity contribution is 8.26. The number of hydrogen-bond donors (Lipinski definition) is 1. The van der Waals surface area contributed by atoms with E-state index in [0.717, 1.165) is 28.8 Å². The third-order valence-electron chi connectivity index (χ3n) is 4.24. The third kappa shape index (κ3) is 4.71. The smallest absolute Gasteiger partial charge is 0.324 e. The van der Waals surface area contributed by atoms with Gasteiger partial charge in [0.05, 0.1) is 10.5 Å². The number of nitrogens with one attached hydrogen (secondary N) is 1. The summed E-state index contributed by atoms with van der Waals surface area (Å²) >= 11 is 6.09. The fraction of sp³-hybridized carbons (Fsp3) is 0.150. The van der Waals surface area contributed by atoms with E-state index < -0.39 is 35.4 Å². The molecule has 1 fully saturated rings. The predicted octanol–water partition coefficient (Wildman–Crippen LogP) is 5.07. The Morgan fingerprint density at radius 3 is 2.57 bits per heavy atom. The van der Waals surface area contributed by atoms with E-state index in [4.69, 9.17) is 12.2 Å². The number of thiocarbonyl (C=S) groups is 1. The minimum absolute atomic E-state index is 0.0611. The molecule has 2 amide bonds. The SMILES string of the molecule is CC(C(=O)Nc1cccc(C(F)(F)F)c1)N1C(=O)/C(=C/c2ccccc2F)SC1=S. The topological polar surface area (TPSA) is 49.4 Å². The van der Waals surface area contributed by atoms with Crippen molar-refractivity contribution in [3.05, 3.63) is 70.4 Å². The highest BCUT2D eigenvalue weighted by Crippen LogP contribution is 2.35. The van der Waals surface area contributed by atoms with E-state index in [2.05, 4.69) is 5.32 Å². The molecule has 10 heteroatoms. The first kappa shape index (κ1) is 22.0. The lowest BCUT2D eigenvalue weighted by atomic mass is 10.1. The van der Waals surface area contributed by atoms with E-state index in [-0.39, 0.29) is 20.5 Å². The standard InChI is InChI=1S/C20H14F4N2O2S2/c1-11(17(27)25-14-7-4-6-13(10-14)20(22,23)24)26-18(28)16(30-19(26)29)9-12-5-2-3-8-15(12)21/h2-11H,1H3,(H,25,27)/b16-9-. The van der Waals surface area contributed by atoms with Crippen LogP contribution in [0.2, 0.25) is 0 Å². The average Bonchev–Trinajstić information content (AvgIpc) is 2.95. The Labute approximate surface area is 178 Å². The van der Waals surface area contributed by atoms with Crippen LogP contribution in [0, 0.1) is 5.82 Å². The van der Waals surface area contributed by atoms with Crippen molar-refractivity contribution >= 4 is 51.9 Å². The van der Waals surface area contributed by atoms with Crippen molar-refractivity contribution in [3.63, 3.8) is 0 Å². The molecule has 0 aromatic heterocycles. The summed E-state index contributed by atoms with van der Waals surface area (Å²) in [5.74, 6) is -1.81. The van der Waals surface area contributed by atoms with Crippen molar-refractivity contribution in [1.29, 1.82) is 0 Å². The van der Waals surface area contributed by atoms with Crippen LogP contribution in [0.15, 0.2) is 53.4 Å². The van der Waals surface area contributed by atoms with Gasteiger partial charge in [0.2, 0.25) is 5.91 Å². The van der Waals surface area contributed by atoms with Gasteiger partial charge in [-0.15, -0.1) is 0 Å². The summed E-state index contributed by atoms with van der Waals surface area (Å²) in [5, 5.41) is 2.36. The monoisotopic (exact) mass is 454 g/mol. The van der Waals surface area contributed by atoms with Crippen LogP contribution < -0.4 is 5.32 Å². The van der Waals surface area contributed by atoms with Crippen LogP contribution in [0.3, 0.4) is 0 Å². The normalized spacial score (nSPS) is 16.8. The quantitative estimate of drug-likeness (QED) is 0.398. The zero-order valence-electron chi connectivity index (χ0n) is 15.4. The van der Waals surface area contributed by atoms with Crippen molar-refractivity contribution in [1.82, 2.24) is 4.90 Å². The number of carbonyl (C=O) groups is 2. The first-order valence-corrected chi connectivity index (χ1v) is 9.80. The average molecular weight is 454 g/mol. The van der Waals surface area contributed by atoms with Gasteiger partial charge in [-0.2, -0.15) is 13.2 Å². The lowest BCUT2D eigenvalue weighted by Crippen LogP contribution is -2.44. The van der Waals surface area contributed by atoms with Crippen LogP contribution in [-0.4, -0.2) is 27.1 Å². The van der Waals surface area contributed by atoms with Crippen molar-refractivity contribution < 1.29 is 27.2 Å². The first-order valence-electron chi connectivity index (χ1n) is 8.57. The highest BCUT2D eigenvalue weighted by Gasteiger charge is 2.38. The lowest BCUT2D eigenvalue weighted by Gasteiger charge is -2.22. The van der Waals surface area contributed by atoms with Gasteiger partial charge in [-0.3, -0.25) is 14.5 Å². The molecule has 0 radical (unpaired) electrons. The lowest BCUT2D eigenvalue weighted by molar-refractivity contribution is -0.137. The van der Waals surface area contributed by atoms with Gasteiger partial charge < -0.3 is 5.32 Å². The van der Waals surface area contributed by atoms with Gasteiger partial charge in [0.1, 0.15) is 16.2 Å². The molecule has 3 rings (SSSR count). The van der Waals surface area contributed by atoms with Gasteiger partial charge in [0.25, 0.3) is 5.91 Å². The Morgan fingerprint density at radius 1 is 1.20 bits per heavy atom. The summed E-state index contributed by atoms with van der Waals surface area (Å²) in [6.07, 6.45) is -3.21. The van der Waals surface area contributed by atoms with Crippen molar-refractivity contribution in [3.8, 4) is 0 Å². The molecular formula is C20H14F4N2O2S2. The Morgan fingerprint density at radius 2 is 1.90 bits per heavy atom. The Bertz CT molecular complexity index is 1050. The largest absolute Gasteiger partial charge is 0.416 e. The fourth-order valence-corrected chi connectivity index (χ4v) is 4.09. The number of amides is 2. The number of halogens is 4. The maximum absolute atomic E-state index is 13.9. The predicted molar refractivity (Wildman–Crippen MR) is 111 cm³/mol. The van der Waals surface area contributed by atoms with E-state index in [1.807, 2.05) is 0 Å². The summed E-state index contributed by atoms with van der Waals surface area (Å²) < 4.78 is 52.5. The minimum atomic E-state index is -4.55. The molecule has 1 atom stereocenters. The number of hydrogen-bond acceptors (Lipinski definition) is 4. The van der Waals surface area contributed by atoms with Gasteiger partial charge in [-0.05, 0) is 37.3 Å². The highest BCUT2D eigenvalue weighted by atomic mass is 32.2. The molecule has 156 valence electrons. The van der Waals surface area contributed by atoms with Gasteiger partial charge in [0.15, 0.2) is 0 Å². The van der Waals surface area contributed by atoms with Crippen LogP contribution in [0.4, 0.5) is 23.2 Å².